The van der Waals surface area contributed by atoms with E-state index in [0.717, 1.165) is 0 Å². The van der Waals surface area contributed by atoms with Crippen molar-refractivity contribution in [3.8, 4) is 0 Å². The molecule has 0 saturated heterocycles. The highest BCUT2D eigenvalue weighted by Crippen LogP contribution is 1.96. The van der Waals surface area contributed by atoms with Gasteiger partial charge in [0.25, 0.3) is 10.1 Å². The van der Waals surface area contributed by atoms with Crippen LogP contribution in [0, 0.1) is 0 Å². The van der Waals surface area contributed by atoms with E-state index >= 15 is 0 Å². The van der Waals surface area contributed by atoms with Gasteiger partial charge in [-0.05, 0) is 40.5 Å². The summed E-state index contributed by atoms with van der Waals surface area (Å²) >= 11 is 0. The van der Waals surface area contributed by atoms with Crippen molar-refractivity contribution in [2.75, 3.05) is 19.0 Å². The van der Waals surface area contributed by atoms with E-state index in [1.54, 1.807) is 0 Å². The van der Waals surface area contributed by atoms with Crippen LogP contribution in [0.25, 0.3) is 0 Å². The summed E-state index contributed by atoms with van der Waals surface area (Å²) in [4.78, 5) is 9.90. The Kier molecular flexibility index (Phi) is 14.0. The number of aliphatic carboxylic acids is 1. The van der Waals surface area contributed by atoms with E-state index in [-0.39, 0.29) is 24.4 Å². The number of ether oxygens (including phenoxy) is 2. The third-order valence-electron chi connectivity index (χ3n) is 2.01. The fraction of sp³-hybridized carbons (Fsp3) is 0.923. The van der Waals surface area contributed by atoms with Crippen LogP contribution in [0.15, 0.2) is 0 Å². The second kappa shape index (κ2) is 13.0. The molecule has 128 valence electrons. The van der Waals surface area contributed by atoms with E-state index in [9.17, 15) is 13.2 Å². The van der Waals surface area contributed by atoms with Crippen LogP contribution in [-0.4, -0.2) is 55.2 Å². The first-order valence-electron chi connectivity index (χ1n) is 6.94. The van der Waals surface area contributed by atoms with Crippen LogP contribution in [0.1, 0.15) is 47.0 Å². The molecular weight excluding hydrogens is 300 g/mol. The van der Waals surface area contributed by atoms with Gasteiger partial charge >= 0.3 is 5.97 Å². The van der Waals surface area contributed by atoms with Crippen LogP contribution < -0.4 is 0 Å². The smallest absolute Gasteiger partial charge is 0.305 e. The number of unbranched alkanes of at least 4 members (excludes halogenated alkanes) is 1. The topological polar surface area (TPSA) is 110 Å². The molecule has 0 atom stereocenters. The van der Waals surface area contributed by atoms with Crippen LogP contribution in [0.2, 0.25) is 0 Å². The molecular formula is C13H28O7S. The van der Waals surface area contributed by atoms with Crippen molar-refractivity contribution in [3.05, 3.63) is 0 Å². The lowest BCUT2D eigenvalue weighted by Gasteiger charge is -2.05. The van der Waals surface area contributed by atoms with E-state index in [1.165, 1.54) is 0 Å². The van der Waals surface area contributed by atoms with Gasteiger partial charge in [-0.2, -0.15) is 8.42 Å². The molecule has 0 aliphatic heterocycles. The standard InChI is InChI=1S/C7H16O4S.C6H12O3/c1-7(2)11-5-3-4-6-12(8,9)10;1-5(2)9-4-3-6(7)8/h7H,3-6H2,1-2H3,(H,8,9,10);5H,3-4H2,1-2H3,(H,7,8). The lowest BCUT2D eigenvalue weighted by Crippen LogP contribution is -2.07. The van der Waals surface area contributed by atoms with Gasteiger partial charge in [0.15, 0.2) is 0 Å². The molecule has 0 aromatic heterocycles. The van der Waals surface area contributed by atoms with Gasteiger partial charge in [0.1, 0.15) is 0 Å². The molecule has 21 heavy (non-hydrogen) atoms. The molecule has 0 aromatic carbocycles. The molecule has 0 rings (SSSR count). The minimum Gasteiger partial charge on any atom is -0.481 e. The maximum atomic E-state index is 10.2. The van der Waals surface area contributed by atoms with Crippen molar-refractivity contribution in [2.45, 2.75) is 59.2 Å². The summed E-state index contributed by atoms with van der Waals surface area (Å²) in [5.41, 5.74) is 0. The third-order valence-corrected chi connectivity index (χ3v) is 2.82. The molecule has 0 aromatic rings. The Labute approximate surface area is 127 Å². The Balaban J connectivity index is 0. The summed E-state index contributed by atoms with van der Waals surface area (Å²) in [6.07, 6.45) is 1.52. The van der Waals surface area contributed by atoms with Crippen LogP contribution in [0.4, 0.5) is 0 Å². The second-order valence-corrected chi connectivity index (χ2v) is 6.55. The molecule has 7 nitrogen and oxygen atoms in total. The minimum absolute atomic E-state index is 0.0954. The first-order valence-corrected chi connectivity index (χ1v) is 8.55. The van der Waals surface area contributed by atoms with E-state index in [0.29, 0.717) is 26.1 Å². The highest BCUT2D eigenvalue weighted by molar-refractivity contribution is 7.85. The lowest BCUT2D eigenvalue weighted by molar-refractivity contribution is -0.138. The summed E-state index contributed by atoms with van der Waals surface area (Å²) in [5, 5.41) is 8.15. The quantitative estimate of drug-likeness (QED) is 0.466. The molecule has 0 heterocycles. The van der Waals surface area contributed by atoms with Crippen molar-refractivity contribution in [2.24, 2.45) is 0 Å². The molecule has 0 bridgehead atoms. The number of carboxylic acid groups (broad SMARTS) is 1. The third kappa shape index (κ3) is 28.2. The molecule has 0 saturated carbocycles. The number of hydrogen-bond donors (Lipinski definition) is 2. The molecule has 0 spiro atoms. The van der Waals surface area contributed by atoms with Crippen LogP contribution in [-0.2, 0) is 24.4 Å². The summed E-state index contributed by atoms with van der Waals surface area (Å²) in [6, 6.07) is 0. The van der Waals surface area contributed by atoms with Gasteiger partial charge in [-0.15, -0.1) is 0 Å². The van der Waals surface area contributed by atoms with Gasteiger partial charge in [0.2, 0.25) is 0 Å². The number of carbonyl (C=O) groups is 1. The van der Waals surface area contributed by atoms with Gasteiger partial charge in [-0.1, -0.05) is 0 Å². The minimum atomic E-state index is -3.78. The Bertz CT molecular complexity index is 350. The second-order valence-electron chi connectivity index (χ2n) is 4.98. The summed E-state index contributed by atoms with van der Waals surface area (Å²) < 4.78 is 39.0. The van der Waals surface area contributed by atoms with E-state index < -0.39 is 16.1 Å². The summed E-state index contributed by atoms with van der Waals surface area (Å²) in [5.74, 6) is -0.982. The lowest BCUT2D eigenvalue weighted by atomic mass is 10.3. The Morgan fingerprint density at radius 3 is 1.86 bits per heavy atom. The zero-order valence-corrected chi connectivity index (χ0v) is 14.1. The number of hydrogen-bond acceptors (Lipinski definition) is 5. The molecule has 0 radical (unpaired) electrons. The van der Waals surface area contributed by atoms with Crippen LogP contribution in [0.5, 0.6) is 0 Å². The van der Waals surface area contributed by atoms with E-state index in [1.807, 2.05) is 27.7 Å². The first-order chi connectivity index (χ1) is 9.54. The molecule has 0 fully saturated rings. The van der Waals surface area contributed by atoms with Crippen LogP contribution in [0.3, 0.4) is 0 Å². The molecule has 8 heteroatoms. The number of rotatable bonds is 10. The van der Waals surface area contributed by atoms with Crippen molar-refractivity contribution in [1.29, 1.82) is 0 Å². The summed E-state index contributed by atoms with van der Waals surface area (Å²) in [7, 11) is -3.78. The van der Waals surface area contributed by atoms with E-state index in [4.69, 9.17) is 19.1 Å². The van der Waals surface area contributed by atoms with E-state index in [2.05, 4.69) is 0 Å². The van der Waals surface area contributed by atoms with Crippen molar-refractivity contribution >= 4 is 16.1 Å². The fourth-order valence-corrected chi connectivity index (χ4v) is 1.66. The molecule has 0 unspecified atom stereocenters. The van der Waals surface area contributed by atoms with Crippen molar-refractivity contribution < 1.29 is 32.3 Å². The van der Waals surface area contributed by atoms with Crippen LogP contribution >= 0.6 is 0 Å². The van der Waals surface area contributed by atoms with Gasteiger partial charge in [-0.25, -0.2) is 0 Å². The predicted octanol–water partition coefficient (Wildman–Crippen LogP) is 1.97. The maximum absolute atomic E-state index is 10.2. The Morgan fingerprint density at radius 1 is 1.00 bits per heavy atom. The molecule has 2 N–H and O–H groups in total. The maximum Gasteiger partial charge on any atom is 0.305 e. The van der Waals surface area contributed by atoms with Crippen molar-refractivity contribution in [3.63, 3.8) is 0 Å². The first kappa shape index (κ1) is 22.6. The molecule has 0 amide bonds. The SMILES string of the molecule is CC(C)OCCC(=O)O.CC(C)OCCCCS(=O)(=O)O. The average Bonchev–Trinajstić information content (AvgIpc) is 2.26. The normalized spacial score (nSPS) is 11.4. The van der Waals surface area contributed by atoms with Gasteiger partial charge in [0.05, 0.1) is 31.0 Å². The molecule has 0 aliphatic rings. The molecule has 0 aliphatic carbocycles. The Hall–Kier alpha value is -0.700. The highest BCUT2D eigenvalue weighted by atomic mass is 32.2. The van der Waals surface area contributed by atoms with Gasteiger partial charge < -0.3 is 14.6 Å². The monoisotopic (exact) mass is 328 g/mol. The zero-order chi connectivity index (χ0) is 16.9. The fourth-order valence-electron chi connectivity index (χ4n) is 1.09. The van der Waals surface area contributed by atoms with Gasteiger partial charge in [0, 0.05) is 6.61 Å². The summed E-state index contributed by atoms with van der Waals surface area (Å²) in [6.45, 7) is 8.45. The highest BCUT2D eigenvalue weighted by Gasteiger charge is 2.03. The predicted molar refractivity (Wildman–Crippen MR) is 80.1 cm³/mol. The average molecular weight is 328 g/mol. The van der Waals surface area contributed by atoms with Gasteiger partial charge in [-0.3, -0.25) is 9.35 Å². The zero-order valence-electron chi connectivity index (χ0n) is 13.2. The number of carboxylic acids is 1. The Morgan fingerprint density at radius 2 is 1.48 bits per heavy atom. The largest absolute Gasteiger partial charge is 0.481 e. The van der Waals surface area contributed by atoms with Crippen molar-refractivity contribution in [1.82, 2.24) is 0 Å².